The van der Waals surface area contributed by atoms with Crippen LogP contribution in [0.5, 0.6) is 0 Å². The second-order valence-corrected chi connectivity index (χ2v) is 6.08. The van der Waals surface area contributed by atoms with Crippen molar-refractivity contribution in [3.05, 3.63) is 5.28 Å². The third kappa shape index (κ3) is 4.78. The van der Waals surface area contributed by atoms with E-state index in [9.17, 15) is 0 Å². The minimum Gasteiger partial charge on any atom is -0.354 e. The molecule has 0 saturated carbocycles. The SMILES string of the molecule is CC(C)CCCCNc1nc(Cl)nc(N2CCCC2)n1. The van der Waals surface area contributed by atoms with Gasteiger partial charge in [0.2, 0.25) is 17.2 Å². The average Bonchev–Trinajstić information content (AvgIpc) is 2.91. The van der Waals surface area contributed by atoms with Gasteiger partial charge in [0, 0.05) is 19.6 Å². The largest absolute Gasteiger partial charge is 0.354 e. The summed E-state index contributed by atoms with van der Waals surface area (Å²) in [5, 5.41) is 3.52. The predicted octanol–water partition coefficient (Wildman–Crippen LogP) is 3.36. The fraction of sp³-hybridized carbons (Fsp3) is 0.786. The molecule has 1 saturated heterocycles. The van der Waals surface area contributed by atoms with E-state index in [4.69, 9.17) is 11.6 Å². The lowest BCUT2D eigenvalue weighted by Gasteiger charge is -2.15. The lowest BCUT2D eigenvalue weighted by Crippen LogP contribution is -2.21. The van der Waals surface area contributed by atoms with Gasteiger partial charge in [0.25, 0.3) is 0 Å². The summed E-state index contributed by atoms with van der Waals surface area (Å²) >= 11 is 5.98. The maximum Gasteiger partial charge on any atom is 0.231 e. The molecule has 0 atom stereocenters. The molecule has 0 amide bonds. The highest BCUT2D eigenvalue weighted by Crippen LogP contribution is 2.18. The normalized spacial score (nSPS) is 15.1. The zero-order valence-corrected chi connectivity index (χ0v) is 13.2. The zero-order valence-electron chi connectivity index (χ0n) is 12.4. The molecule has 1 N–H and O–H groups in total. The van der Waals surface area contributed by atoms with Crippen LogP contribution in [0.3, 0.4) is 0 Å². The molecule has 0 bridgehead atoms. The standard InChI is InChI=1S/C14H24ClN5/c1-11(2)7-3-4-8-16-13-17-12(15)18-14(19-13)20-9-5-6-10-20/h11H,3-10H2,1-2H3,(H,16,17,18,19). The van der Waals surface area contributed by atoms with Crippen LogP contribution in [-0.2, 0) is 0 Å². The topological polar surface area (TPSA) is 53.9 Å². The van der Waals surface area contributed by atoms with Gasteiger partial charge in [-0.1, -0.05) is 26.7 Å². The van der Waals surface area contributed by atoms with E-state index in [1.165, 1.54) is 25.7 Å². The molecule has 2 heterocycles. The number of halogens is 1. The first-order valence-corrected chi connectivity index (χ1v) is 7.93. The number of hydrogen-bond donors (Lipinski definition) is 1. The van der Waals surface area contributed by atoms with E-state index in [0.29, 0.717) is 11.9 Å². The van der Waals surface area contributed by atoms with Crippen LogP contribution in [0.1, 0.15) is 46.0 Å². The van der Waals surface area contributed by atoms with E-state index in [2.05, 4.69) is 39.0 Å². The number of aromatic nitrogens is 3. The molecule has 0 aromatic carbocycles. The molecule has 1 fully saturated rings. The molecule has 1 aliphatic heterocycles. The average molecular weight is 298 g/mol. The minimum absolute atomic E-state index is 0.270. The Bertz CT molecular complexity index is 418. The van der Waals surface area contributed by atoms with Crippen molar-refractivity contribution in [2.24, 2.45) is 5.92 Å². The van der Waals surface area contributed by atoms with Crippen LogP contribution >= 0.6 is 11.6 Å². The number of nitrogens with one attached hydrogen (secondary N) is 1. The molecule has 1 aliphatic rings. The Morgan fingerprint density at radius 1 is 1.15 bits per heavy atom. The first kappa shape index (κ1) is 15.3. The second-order valence-electron chi connectivity index (χ2n) is 5.74. The van der Waals surface area contributed by atoms with Gasteiger partial charge in [-0.25, -0.2) is 0 Å². The van der Waals surface area contributed by atoms with Gasteiger partial charge in [0.15, 0.2) is 0 Å². The summed E-state index contributed by atoms with van der Waals surface area (Å²) in [7, 11) is 0. The van der Waals surface area contributed by atoms with Gasteiger partial charge in [-0.3, -0.25) is 0 Å². The molecule has 6 heteroatoms. The molecule has 5 nitrogen and oxygen atoms in total. The summed E-state index contributed by atoms with van der Waals surface area (Å²) in [6.07, 6.45) is 6.00. The van der Waals surface area contributed by atoms with Crippen molar-refractivity contribution in [1.82, 2.24) is 15.0 Å². The van der Waals surface area contributed by atoms with Gasteiger partial charge in [-0.2, -0.15) is 15.0 Å². The van der Waals surface area contributed by atoms with Crippen LogP contribution in [-0.4, -0.2) is 34.6 Å². The van der Waals surface area contributed by atoms with Crippen LogP contribution in [0.2, 0.25) is 5.28 Å². The number of anilines is 2. The van der Waals surface area contributed by atoms with Crippen molar-refractivity contribution in [1.29, 1.82) is 0 Å². The quantitative estimate of drug-likeness (QED) is 0.782. The van der Waals surface area contributed by atoms with E-state index in [1.54, 1.807) is 0 Å². The van der Waals surface area contributed by atoms with Crippen molar-refractivity contribution in [3.63, 3.8) is 0 Å². The molecule has 1 aromatic rings. The number of nitrogens with zero attached hydrogens (tertiary/aromatic N) is 4. The lowest BCUT2D eigenvalue weighted by atomic mass is 10.1. The van der Waals surface area contributed by atoms with Gasteiger partial charge in [-0.05, 0) is 36.8 Å². The molecular formula is C14H24ClN5. The Balaban J connectivity index is 1.84. The summed E-state index contributed by atoms with van der Waals surface area (Å²) in [6.45, 7) is 7.40. The maximum absolute atomic E-state index is 5.98. The predicted molar refractivity (Wildman–Crippen MR) is 83.5 cm³/mol. The van der Waals surface area contributed by atoms with E-state index in [0.717, 1.165) is 32.0 Å². The van der Waals surface area contributed by atoms with Crippen LogP contribution in [0.15, 0.2) is 0 Å². The van der Waals surface area contributed by atoms with Crippen LogP contribution in [0.25, 0.3) is 0 Å². The summed E-state index contributed by atoms with van der Waals surface area (Å²) in [5.74, 6) is 2.06. The summed E-state index contributed by atoms with van der Waals surface area (Å²) in [6, 6.07) is 0. The van der Waals surface area contributed by atoms with Crippen molar-refractivity contribution < 1.29 is 0 Å². The Hall–Kier alpha value is -1.10. The second kappa shape index (κ2) is 7.62. The Kier molecular flexibility index (Phi) is 5.83. The van der Waals surface area contributed by atoms with Crippen LogP contribution in [0, 0.1) is 5.92 Å². The number of rotatable bonds is 7. The Labute approximate surface area is 126 Å². The maximum atomic E-state index is 5.98. The zero-order chi connectivity index (χ0) is 14.4. The number of hydrogen-bond acceptors (Lipinski definition) is 5. The molecule has 20 heavy (non-hydrogen) atoms. The molecule has 0 unspecified atom stereocenters. The number of unbranched alkanes of at least 4 members (excludes halogenated alkanes) is 1. The van der Waals surface area contributed by atoms with Crippen LogP contribution in [0.4, 0.5) is 11.9 Å². The Morgan fingerprint density at radius 3 is 2.60 bits per heavy atom. The minimum atomic E-state index is 0.270. The molecule has 1 aromatic heterocycles. The molecule has 112 valence electrons. The van der Waals surface area contributed by atoms with Crippen LogP contribution < -0.4 is 10.2 Å². The molecular weight excluding hydrogens is 274 g/mol. The van der Waals surface area contributed by atoms with Crippen molar-refractivity contribution >= 4 is 23.5 Å². The fourth-order valence-electron chi connectivity index (χ4n) is 2.36. The summed E-state index contributed by atoms with van der Waals surface area (Å²) in [4.78, 5) is 15.0. The molecule has 0 radical (unpaired) electrons. The van der Waals surface area contributed by atoms with Gasteiger partial charge in [0.1, 0.15) is 0 Å². The van der Waals surface area contributed by atoms with E-state index in [-0.39, 0.29) is 5.28 Å². The van der Waals surface area contributed by atoms with E-state index < -0.39 is 0 Å². The third-order valence-electron chi connectivity index (χ3n) is 3.48. The lowest BCUT2D eigenvalue weighted by molar-refractivity contribution is 0.544. The molecule has 0 spiro atoms. The first-order valence-electron chi connectivity index (χ1n) is 7.55. The monoisotopic (exact) mass is 297 g/mol. The van der Waals surface area contributed by atoms with Gasteiger partial charge < -0.3 is 10.2 Å². The Morgan fingerprint density at radius 2 is 1.90 bits per heavy atom. The smallest absolute Gasteiger partial charge is 0.231 e. The highest BCUT2D eigenvalue weighted by atomic mass is 35.5. The molecule has 2 rings (SSSR count). The van der Waals surface area contributed by atoms with Crippen molar-refractivity contribution in [2.45, 2.75) is 46.0 Å². The van der Waals surface area contributed by atoms with E-state index in [1.807, 2.05) is 0 Å². The van der Waals surface area contributed by atoms with E-state index >= 15 is 0 Å². The highest BCUT2D eigenvalue weighted by molar-refractivity contribution is 6.28. The fourth-order valence-corrected chi connectivity index (χ4v) is 2.51. The summed E-state index contributed by atoms with van der Waals surface area (Å²) < 4.78 is 0. The highest BCUT2D eigenvalue weighted by Gasteiger charge is 2.16. The third-order valence-corrected chi connectivity index (χ3v) is 3.65. The van der Waals surface area contributed by atoms with Gasteiger partial charge >= 0.3 is 0 Å². The summed E-state index contributed by atoms with van der Waals surface area (Å²) in [5.41, 5.74) is 0. The van der Waals surface area contributed by atoms with Gasteiger partial charge in [-0.15, -0.1) is 0 Å². The molecule has 0 aliphatic carbocycles. The van der Waals surface area contributed by atoms with Gasteiger partial charge in [0.05, 0.1) is 0 Å². The van der Waals surface area contributed by atoms with Crippen molar-refractivity contribution in [3.8, 4) is 0 Å². The van der Waals surface area contributed by atoms with Crippen molar-refractivity contribution in [2.75, 3.05) is 29.9 Å². The first-order chi connectivity index (χ1) is 9.65.